The highest BCUT2D eigenvalue weighted by atomic mass is 32.2. The van der Waals surface area contributed by atoms with Crippen LogP contribution in [0.3, 0.4) is 0 Å². The molecule has 2 aliphatic heterocycles. The molecule has 6 heteroatoms. The summed E-state index contributed by atoms with van der Waals surface area (Å²) in [6, 6.07) is 33.0. The van der Waals surface area contributed by atoms with Gasteiger partial charge < -0.3 is 15.5 Å². The minimum atomic E-state index is 0.0974. The third-order valence-corrected chi connectivity index (χ3v) is 7.95. The van der Waals surface area contributed by atoms with E-state index >= 15 is 0 Å². The summed E-state index contributed by atoms with van der Waals surface area (Å²) < 4.78 is 0. The zero-order valence-corrected chi connectivity index (χ0v) is 20.8. The van der Waals surface area contributed by atoms with Gasteiger partial charge in [-0.25, -0.2) is 0 Å². The van der Waals surface area contributed by atoms with Gasteiger partial charge in [0.05, 0.1) is 11.4 Å². The van der Waals surface area contributed by atoms with Crippen LogP contribution in [-0.4, -0.2) is 41.9 Å². The highest BCUT2D eigenvalue weighted by molar-refractivity contribution is 7.99. The fraction of sp³-hybridized carbons (Fsp3) is 0.167. The van der Waals surface area contributed by atoms with Gasteiger partial charge in [0.15, 0.2) is 0 Å². The third-order valence-electron chi connectivity index (χ3n) is 6.82. The summed E-state index contributed by atoms with van der Waals surface area (Å²) in [7, 11) is 0. The van der Waals surface area contributed by atoms with E-state index in [2.05, 4.69) is 76.5 Å². The molecule has 0 aromatic heterocycles. The number of benzene rings is 4. The summed E-state index contributed by atoms with van der Waals surface area (Å²) in [5.41, 5.74) is 12.0. The summed E-state index contributed by atoms with van der Waals surface area (Å²) in [5.74, 6) is 0.0974. The number of carbonyl (C=O) groups is 1. The average molecular weight is 493 g/mol. The molecule has 2 aliphatic rings. The Bertz CT molecular complexity index is 1350. The van der Waals surface area contributed by atoms with Crippen LogP contribution < -0.4 is 10.6 Å². The molecule has 1 amide bonds. The number of anilines is 4. The van der Waals surface area contributed by atoms with Gasteiger partial charge >= 0.3 is 0 Å². The molecular weight excluding hydrogens is 464 g/mol. The smallest absolute Gasteiger partial charge is 0.253 e. The zero-order chi connectivity index (χ0) is 24.5. The maximum atomic E-state index is 13.3. The number of rotatable bonds is 4. The molecule has 0 spiro atoms. The van der Waals surface area contributed by atoms with Gasteiger partial charge in [-0.3, -0.25) is 9.69 Å². The van der Waals surface area contributed by atoms with E-state index in [1.807, 2.05) is 35.2 Å². The van der Waals surface area contributed by atoms with Crippen LogP contribution in [0.5, 0.6) is 0 Å². The van der Waals surface area contributed by atoms with Crippen molar-refractivity contribution in [1.82, 2.24) is 9.80 Å². The van der Waals surface area contributed by atoms with E-state index in [4.69, 9.17) is 5.73 Å². The largest absolute Gasteiger partial charge is 0.399 e. The summed E-state index contributed by atoms with van der Waals surface area (Å²) in [6.45, 7) is 4.04. The quantitative estimate of drug-likeness (QED) is 0.305. The van der Waals surface area contributed by atoms with E-state index in [9.17, 15) is 4.79 Å². The molecule has 5 nitrogen and oxygen atoms in total. The molecule has 4 aromatic carbocycles. The van der Waals surface area contributed by atoms with Crippen molar-refractivity contribution in [3.05, 3.63) is 108 Å². The Morgan fingerprint density at radius 3 is 2.03 bits per heavy atom. The first-order chi connectivity index (χ1) is 17.7. The van der Waals surface area contributed by atoms with E-state index < -0.39 is 0 Å². The SMILES string of the molecule is Nc1cccc(CN2CCN(C(=O)c3ccc(N4c5ccccc5Sc5ccccc54)cc3)CC2)c1. The molecule has 0 atom stereocenters. The molecule has 0 aliphatic carbocycles. The molecule has 0 unspecified atom stereocenters. The monoisotopic (exact) mass is 492 g/mol. The van der Waals surface area contributed by atoms with E-state index in [0.29, 0.717) is 0 Å². The van der Waals surface area contributed by atoms with Crippen molar-refractivity contribution in [2.75, 3.05) is 36.8 Å². The van der Waals surface area contributed by atoms with Gasteiger partial charge in [-0.2, -0.15) is 0 Å². The summed E-state index contributed by atoms with van der Waals surface area (Å²) in [6.07, 6.45) is 0. The first-order valence-corrected chi connectivity index (χ1v) is 13.1. The number of hydrogen-bond donors (Lipinski definition) is 1. The Balaban J connectivity index is 1.16. The predicted molar refractivity (Wildman–Crippen MR) is 147 cm³/mol. The Labute approximate surface area is 216 Å². The van der Waals surface area contributed by atoms with Gasteiger partial charge in [-0.15, -0.1) is 0 Å². The maximum Gasteiger partial charge on any atom is 0.253 e. The van der Waals surface area contributed by atoms with Crippen molar-refractivity contribution in [3.8, 4) is 0 Å². The normalized spacial score (nSPS) is 15.3. The highest BCUT2D eigenvalue weighted by Gasteiger charge is 2.25. The summed E-state index contributed by atoms with van der Waals surface area (Å²) in [4.78, 5) is 22.4. The number of nitrogens with zero attached hydrogens (tertiary/aromatic N) is 3. The van der Waals surface area contributed by atoms with Crippen LogP contribution in [0.4, 0.5) is 22.7 Å². The molecule has 0 bridgehead atoms. The van der Waals surface area contributed by atoms with Crippen molar-refractivity contribution in [3.63, 3.8) is 0 Å². The van der Waals surface area contributed by atoms with Gasteiger partial charge in [0.25, 0.3) is 5.91 Å². The highest BCUT2D eigenvalue weighted by Crippen LogP contribution is 2.51. The van der Waals surface area contributed by atoms with E-state index in [1.165, 1.54) is 15.4 Å². The van der Waals surface area contributed by atoms with Crippen LogP contribution in [-0.2, 0) is 6.54 Å². The number of piperazine rings is 1. The van der Waals surface area contributed by atoms with Gasteiger partial charge in [0.1, 0.15) is 0 Å². The second kappa shape index (κ2) is 9.72. The van der Waals surface area contributed by atoms with Crippen LogP contribution in [0.15, 0.2) is 107 Å². The summed E-state index contributed by atoms with van der Waals surface area (Å²) >= 11 is 1.80. The van der Waals surface area contributed by atoms with E-state index in [-0.39, 0.29) is 5.91 Å². The molecule has 2 N–H and O–H groups in total. The third kappa shape index (κ3) is 4.45. The Morgan fingerprint density at radius 1 is 0.750 bits per heavy atom. The fourth-order valence-corrected chi connectivity index (χ4v) is 6.04. The molecule has 4 aromatic rings. The lowest BCUT2D eigenvalue weighted by Gasteiger charge is -2.35. The number of fused-ring (bicyclic) bond motifs is 2. The van der Waals surface area contributed by atoms with Gasteiger partial charge in [-0.1, -0.05) is 48.2 Å². The first-order valence-electron chi connectivity index (χ1n) is 12.3. The second-order valence-electron chi connectivity index (χ2n) is 9.23. The van der Waals surface area contributed by atoms with E-state index in [0.717, 1.165) is 61.0 Å². The topological polar surface area (TPSA) is 52.8 Å². The number of nitrogen functional groups attached to an aromatic ring is 1. The molecule has 6 rings (SSSR count). The lowest BCUT2D eigenvalue weighted by atomic mass is 10.1. The fourth-order valence-electron chi connectivity index (χ4n) is 4.98. The number of amides is 1. The second-order valence-corrected chi connectivity index (χ2v) is 10.3. The van der Waals surface area contributed by atoms with Crippen LogP contribution >= 0.6 is 11.8 Å². The number of nitrogens with two attached hydrogens (primary N) is 1. The molecule has 2 heterocycles. The molecule has 1 fully saturated rings. The number of para-hydroxylation sites is 2. The first kappa shape index (κ1) is 22.7. The number of hydrogen-bond acceptors (Lipinski definition) is 5. The maximum absolute atomic E-state index is 13.3. The Hall–Kier alpha value is -3.74. The molecular formula is C30H28N4OS. The van der Waals surface area contributed by atoms with Crippen LogP contribution in [0, 0.1) is 0 Å². The van der Waals surface area contributed by atoms with Crippen LogP contribution in [0.25, 0.3) is 0 Å². The zero-order valence-electron chi connectivity index (χ0n) is 20.0. The summed E-state index contributed by atoms with van der Waals surface area (Å²) in [5, 5.41) is 0. The minimum absolute atomic E-state index is 0.0974. The van der Waals surface area contributed by atoms with Crippen molar-refractivity contribution in [2.45, 2.75) is 16.3 Å². The molecule has 1 saturated heterocycles. The van der Waals surface area contributed by atoms with Gasteiger partial charge in [0, 0.05) is 59.5 Å². The van der Waals surface area contributed by atoms with Crippen molar-refractivity contribution in [1.29, 1.82) is 0 Å². The van der Waals surface area contributed by atoms with Gasteiger partial charge in [0.2, 0.25) is 0 Å². The van der Waals surface area contributed by atoms with E-state index in [1.54, 1.807) is 11.8 Å². The molecule has 180 valence electrons. The predicted octanol–water partition coefficient (Wildman–Crippen LogP) is 6.16. The van der Waals surface area contributed by atoms with Crippen LogP contribution in [0.1, 0.15) is 15.9 Å². The molecule has 0 radical (unpaired) electrons. The van der Waals surface area contributed by atoms with Crippen molar-refractivity contribution >= 4 is 40.4 Å². The molecule has 36 heavy (non-hydrogen) atoms. The number of carbonyl (C=O) groups excluding carboxylic acids is 1. The Kier molecular flexibility index (Phi) is 6.13. The minimum Gasteiger partial charge on any atom is -0.399 e. The molecule has 0 saturated carbocycles. The van der Waals surface area contributed by atoms with Gasteiger partial charge in [-0.05, 0) is 66.2 Å². The average Bonchev–Trinajstić information content (AvgIpc) is 2.92. The standard InChI is InChI=1S/C30H28N4OS/c31-24-7-5-6-22(20-24)21-32-16-18-33(19-17-32)30(35)23-12-14-25(15-13-23)34-26-8-1-3-10-28(26)36-29-11-4-2-9-27(29)34/h1-15,20H,16-19,21,31H2. The lowest BCUT2D eigenvalue weighted by molar-refractivity contribution is 0.0628. The Morgan fingerprint density at radius 2 is 1.39 bits per heavy atom. The van der Waals surface area contributed by atoms with Crippen molar-refractivity contribution in [2.24, 2.45) is 0 Å². The lowest BCUT2D eigenvalue weighted by Crippen LogP contribution is -2.48. The van der Waals surface area contributed by atoms with Crippen molar-refractivity contribution < 1.29 is 4.79 Å². The van der Waals surface area contributed by atoms with Crippen LogP contribution in [0.2, 0.25) is 0 Å².